The summed E-state index contributed by atoms with van der Waals surface area (Å²) in [5, 5.41) is 2.34. The maximum absolute atomic E-state index is 12.9. The molecule has 0 bridgehead atoms. The van der Waals surface area contributed by atoms with Crippen LogP contribution in [0.1, 0.15) is 10.5 Å². The number of aromatic nitrogens is 1. The van der Waals surface area contributed by atoms with Gasteiger partial charge in [0.25, 0.3) is 5.91 Å². The molecular formula is C12H8F2N2O2. The van der Waals surface area contributed by atoms with E-state index in [9.17, 15) is 18.4 Å². The second-order valence-electron chi connectivity index (χ2n) is 3.52. The number of H-pyrrole nitrogens is 1. The van der Waals surface area contributed by atoms with Crippen LogP contribution in [-0.4, -0.2) is 10.9 Å². The first kappa shape index (κ1) is 12.0. The highest BCUT2D eigenvalue weighted by Crippen LogP contribution is 2.13. The molecule has 6 heteroatoms. The molecule has 0 saturated heterocycles. The predicted octanol–water partition coefficient (Wildman–Crippen LogP) is 1.91. The zero-order chi connectivity index (χ0) is 13.1. The number of pyridine rings is 1. The molecule has 1 aromatic carbocycles. The fraction of sp³-hybridized carbons (Fsp3) is 0. The standard InChI is InChI=1S/C12H8F2N2O2/c13-9-2-1-7(5-10(9)14)16-12(18)11-6-8(17)3-4-15-11/h1-6H,(H,15,17)(H,16,18). The molecule has 1 heterocycles. The van der Waals surface area contributed by atoms with Crippen LogP contribution < -0.4 is 10.7 Å². The van der Waals surface area contributed by atoms with Crippen molar-refractivity contribution in [2.75, 3.05) is 5.32 Å². The van der Waals surface area contributed by atoms with Crippen molar-refractivity contribution in [1.82, 2.24) is 4.98 Å². The number of nitrogens with one attached hydrogen (secondary N) is 2. The number of benzene rings is 1. The lowest BCUT2D eigenvalue weighted by Crippen LogP contribution is -2.16. The lowest BCUT2D eigenvalue weighted by atomic mass is 10.2. The minimum Gasteiger partial charge on any atom is -0.357 e. The van der Waals surface area contributed by atoms with Gasteiger partial charge in [0.1, 0.15) is 5.69 Å². The van der Waals surface area contributed by atoms with Gasteiger partial charge in [0.15, 0.2) is 17.1 Å². The summed E-state index contributed by atoms with van der Waals surface area (Å²) in [4.78, 5) is 25.3. The van der Waals surface area contributed by atoms with E-state index in [1.807, 2.05) is 0 Å². The summed E-state index contributed by atoms with van der Waals surface area (Å²) in [5.41, 5.74) is -0.194. The van der Waals surface area contributed by atoms with Gasteiger partial charge in [-0.05, 0) is 12.1 Å². The first-order valence-electron chi connectivity index (χ1n) is 5.01. The summed E-state index contributed by atoms with van der Waals surface area (Å²) < 4.78 is 25.6. The Labute approximate surface area is 100 Å². The van der Waals surface area contributed by atoms with Gasteiger partial charge in [-0.15, -0.1) is 0 Å². The van der Waals surface area contributed by atoms with E-state index in [0.29, 0.717) is 0 Å². The Kier molecular flexibility index (Phi) is 3.18. The molecule has 0 aliphatic rings. The normalized spacial score (nSPS) is 10.1. The molecule has 0 radical (unpaired) electrons. The summed E-state index contributed by atoms with van der Waals surface area (Å²) in [6.45, 7) is 0. The van der Waals surface area contributed by atoms with Gasteiger partial charge in [0.05, 0.1) is 0 Å². The first-order chi connectivity index (χ1) is 8.56. The molecule has 0 saturated carbocycles. The van der Waals surface area contributed by atoms with Crippen LogP contribution in [0.3, 0.4) is 0 Å². The van der Waals surface area contributed by atoms with E-state index in [0.717, 1.165) is 18.2 Å². The van der Waals surface area contributed by atoms with Gasteiger partial charge in [-0.3, -0.25) is 9.59 Å². The maximum atomic E-state index is 12.9. The van der Waals surface area contributed by atoms with Crippen molar-refractivity contribution in [1.29, 1.82) is 0 Å². The second kappa shape index (κ2) is 4.79. The van der Waals surface area contributed by atoms with Gasteiger partial charge < -0.3 is 10.3 Å². The number of rotatable bonds is 2. The van der Waals surface area contributed by atoms with Crippen molar-refractivity contribution in [2.24, 2.45) is 0 Å². The Morgan fingerprint density at radius 3 is 2.56 bits per heavy atom. The second-order valence-corrected chi connectivity index (χ2v) is 3.52. The average molecular weight is 250 g/mol. The van der Waals surface area contributed by atoms with E-state index < -0.39 is 17.5 Å². The number of aromatic amines is 1. The fourth-order valence-electron chi connectivity index (χ4n) is 1.35. The molecule has 92 valence electrons. The summed E-state index contributed by atoms with van der Waals surface area (Å²) in [6.07, 6.45) is 1.32. The minimum absolute atomic E-state index is 0.0345. The Morgan fingerprint density at radius 2 is 1.89 bits per heavy atom. The van der Waals surface area contributed by atoms with Crippen LogP contribution in [0.5, 0.6) is 0 Å². The monoisotopic (exact) mass is 250 g/mol. The Hall–Kier alpha value is -2.50. The molecule has 0 aliphatic heterocycles. The van der Waals surface area contributed by atoms with E-state index in [1.165, 1.54) is 18.3 Å². The van der Waals surface area contributed by atoms with E-state index >= 15 is 0 Å². The molecule has 0 aliphatic carbocycles. The van der Waals surface area contributed by atoms with E-state index in [4.69, 9.17) is 0 Å². The van der Waals surface area contributed by atoms with E-state index in [-0.39, 0.29) is 16.8 Å². The highest BCUT2D eigenvalue weighted by molar-refractivity contribution is 6.02. The summed E-state index contributed by atoms with van der Waals surface area (Å²) in [7, 11) is 0. The van der Waals surface area contributed by atoms with Crippen LogP contribution in [0.4, 0.5) is 14.5 Å². The quantitative estimate of drug-likeness (QED) is 0.855. The molecular weight excluding hydrogens is 242 g/mol. The SMILES string of the molecule is O=C(Nc1ccc(F)c(F)c1)c1cc(=O)cc[nH]1. The van der Waals surface area contributed by atoms with Crippen LogP contribution in [0.2, 0.25) is 0 Å². The smallest absolute Gasteiger partial charge is 0.272 e. The number of carbonyl (C=O) groups excluding carboxylic acids is 1. The molecule has 0 unspecified atom stereocenters. The van der Waals surface area contributed by atoms with Crippen LogP contribution in [0, 0.1) is 11.6 Å². The van der Waals surface area contributed by atoms with Gasteiger partial charge in [0.2, 0.25) is 0 Å². The third kappa shape index (κ3) is 2.60. The topological polar surface area (TPSA) is 62.0 Å². The average Bonchev–Trinajstić information content (AvgIpc) is 2.34. The third-order valence-electron chi connectivity index (χ3n) is 2.20. The number of hydrogen-bond acceptors (Lipinski definition) is 2. The summed E-state index contributed by atoms with van der Waals surface area (Å²) >= 11 is 0. The Morgan fingerprint density at radius 1 is 1.11 bits per heavy atom. The van der Waals surface area contributed by atoms with Crippen LogP contribution >= 0.6 is 0 Å². The van der Waals surface area contributed by atoms with Crippen LogP contribution in [-0.2, 0) is 0 Å². The number of anilines is 1. The van der Waals surface area contributed by atoms with Gasteiger partial charge in [-0.2, -0.15) is 0 Å². The lowest BCUT2D eigenvalue weighted by molar-refractivity contribution is 0.102. The zero-order valence-corrected chi connectivity index (χ0v) is 9.04. The molecule has 18 heavy (non-hydrogen) atoms. The van der Waals surface area contributed by atoms with Crippen molar-refractivity contribution in [3.05, 3.63) is 64.1 Å². The Bertz CT molecular complexity index is 653. The van der Waals surface area contributed by atoms with Crippen molar-refractivity contribution >= 4 is 11.6 Å². The molecule has 2 rings (SSSR count). The highest BCUT2D eigenvalue weighted by atomic mass is 19.2. The maximum Gasteiger partial charge on any atom is 0.272 e. The van der Waals surface area contributed by atoms with Crippen molar-refractivity contribution in [2.45, 2.75) is 0 Å². The van der Waals surface area contributed by atoms with Crippen LogP contribution in [0.15, 0.2) is 41.3 Å². The Balaban J connectivity index is 2.21. The number of halogens is 2. The van der Waals surface area contributed by atoms with Gasteiger partial charge >= 0.3 is 0 Å². The van der Waals surface area contributed by atoms with Crippen molar-refractivity contribution in [3.63, 3.8) is 0 Å². The van der Waals surface area contributed by atoms with Gasteiger partial charge in [-0.25, -0.2) is 8.78 Å². The molecule has 1 aromatic heterocycles. The molecule has 1 amide bonds. The summed E-state index contributed by atoms with van der Waals surface area (Å²) in [5.74, 6) is -2.67. The first-order valence-corrected chi connectivity index (χ1v) is 5.01. The minimum atomic E-state index is -1.06. The number of amides is 1. The van der Waals surface area contributed by atoms with E-state index in [1.54, 1.807) is 0 Å². The third-order valence-corrected chi connectivity index (χ3v) is 2.20. The number of hydrogen-bond donors (Lipinski definition) is 2. The van der Waals surface area contributed by atoms with Gasteiger partial charge in [-0.1, -0.05) is 0 Å². The zero-order valence-electron chi connectivity index (χ0n) is 9.04. The molecule has 2 aromatic rings. The molecule has 0 fully saturated rings. The number of carbonyl (C=O) groups is 1. The lowest BCUT2D eigenvalue weighted by Gasteiger charge is -2.05. The highest BCUT2D eigenvalue weighted by Gasteiger charge is 2.08. The largest absolute Gasteiger partial charge is 0.357 e. The summed E-state index contributed by atoms with van der Waals surface area (Å²) in [6, 6.07) is 5.34. The molecule has 0 atom stereocenters. The molecule has 2 N–H and O–H groups in total. The van der Waals surface area contributed by atoms with Crippen LogP contribution in [0.25, 0.3) is 0 Å². The predicted molar refractivity (Wildman–Crippen MR) is 61.4 cm³/mol. The van der Waals surface area contributed by atoms with Crippen molar-refractivity contribution in [3.8, 4) is 0 Å². The van der Waals surface area contributed by atoms with Crippen molar-refractivity contribution < 1.29 is 13.6 Å². The van der Waals surface area contributed by atoms with Gasteiger partial charge in [0, 0.05) is 30.1 Å². The van der Waals surface area contributed by atoms with E-state index in [2.05, 4.69) is 10.3 Å². The fourth-order valence-corrected chi connectivity index (χ4v) is 1.35. The molecule has 4 nitrogen and oxygen atoms in total. The molecule has 0 spiro atoms.